The second-order valence-corrected chi connectivity index (χ2v) is 3.31. The number of aliphatic hydroxyl groups excluding tert-OH is 1. The van der Waals surface area contributed by atoms with Crippen molar-refractivity contribution in [3.63, 3.8) is 0 Å². The van der Waals surface area contributed by atoms with Gasteiger partial charge in [-0.25, -0.2) is 0 Å². The summed E-state index contributed by atoms with van der Waals surface area (Å²) in [5.41, 5.74) is 0. The van der Waals surface area contributed by atoms with Gasteiger partial charge >= 0.3 is 0 Å². The maximum Gasteiger partial charge on any atom is 0.0645 e. The van der Waals surface area contributed by atoms with E-state index in [0.29, 0.717) is 6.04 Å². The first-order valence-corrected chi connectivity index (χ1v) is 4.16. The van der Waals surface area contributed by atoms with Gasteiger partial charge in [0.25, 0.3) is 0 Å². The lowest BCUT2D eigenvalue weighted by Gasteiger charge is -2.34. The molecular weight excluding hydrogens is 142 g/mol. The summed E-state index contributed by atoms with van der Waals surface area (Å²) in [7, 11) is 2.08. The Morgan fingerprint density at radius 2 is 2.27 bits per heavy atom. The Morgan fingerprint density at radius 1 is 1.64 bits per heavy atom. The van der Waals surface area contributed by atoms with Gasteiger partial charge in [0.1, 0.15) is 0 Å². The Bertz CT molecular complexity index is 113. The molecule has 0 radical (unpaired) electrons. The molecule has 3 nitrogen and oxygen atoms in total. The zero-order valence-electron chi connectivity index (χ0n) is 7.29. The summed E-state index contributed by atoms with van der Waals surface area (Å²) in [5, 5.41) is 9.02. The summed E-state index contributed by atoms with van der Waals surface area (Å²) in [4.78, 5) is 2.25. The largest absolute Gasteiger partial charge is 0.393 e. The fraction of sp³-hybridized carbons (Fsp3) is 1.00. The molecule has 0 aromatic rings. The van der Waals surface area contributed by atoms with Crippen LogP contribution in [0.5, 0.6) is 0 Å². The maximum atomic E-state index is 9.02. The van der Waals surface area contributed by atoms with E-state index >= 15 is 0 Å². The molecule has 1 atom stereocenters. The van der Waals surface area contributed by atoms with E-state index in [0.717, 1.165) is 26.2 Å². The molecule has 3 heteroatoms. The first-order valence-electron chi connectivity index (χ1n) is 4.16. The molecule has 1 unspecified atom stereocenters. The second kappa shape index (κ2) is 4.04. The first kappa shape index (κ1) is 8.97. The zero-order chi connectivity index (χ0) is 8.27. The summed E-state index contributed by atoms with van der Waals surface area (Å²) in [5.74, 6) is 0. The number of ether oxygens (including phenoxy) is 1. The predicted molar refractivity (Wildman–Crippen MR) is 43.5 cm³/mol. The van der Waals surface area contributed by atoms with Crippen molar-refractivity contribution >= 4 is 0 Å². The minimum Gasteiger partial charge on any atom is -0.393 e. The number of aliphatic hydroxyl groups is 1. The number of rotatable bonds is 4. The van der Waals surface area contributed by atoms with Gasteiger partial charge in [-0.15, -0.1) is 0 Å². The van der Waals surface area contributed by atoms with Crippen LogP contribution in [0, 0.1) is 0 Å². The Balaban J connectivity index is 2.05. The Hall–Kier alpha value is -0.120. The van der Waals surface area contributed by atoms with E-state index < -0.39 is 0 Å². The summed E-state index contributed by atoms with van der Waals surface area (Å²) < 4.78 is 5.06. The van der Waals surface area contributed by atoms with Crippen molar-refractivity contribution in [1.29, 1.82) is 0 Å². The molecule has 0 aromatic carbocycles. The van der Waals surface area contributed by atoms with Gasteiger partial charge in [0.2, 0.25) is 0 Å². The normalized spacial score (nSPS) is 21.8. The average molecular weight is 159 g/mol. The highest BCUT2D eigenvalue weighted by atomic mass is 16.5. The van der Waals surface area contributed by atoms with Crippen molar-refractivity contribution in [3.8, 4) is 0 Å². The second-order valence-electron chi connectivity index (χ2n) is 3.31. The van der Waals surface area contributed by atoms with E-state index in [1.54, 1.807) is 0 Å². The zero-order valence-corrected chi connectivity index (χ0v) is 7.29. The highest BCUT2D eigenvalue weighted by molar-refractivity contribution is 4.74. The van der Waals surface area contributed by atoms with Crippen LogP contribution in [0.3, 0.4) is 0 Å². The molecule has 1 heterocycles. The molecule has 1 aliphatic heterocycles. The van der Waals surface area contributed by atoms with Crippen LogP contribution in [-0.4, -0.2) is 49.0 Å². The van der Waals surface area contributed by atoms with E-state index in [1.807, 2.05) is 6.92 Å². The highest BCUT2D eigenvalue weighted by Gasteiger charge is 2.22. The van der Waals surface area contributed by atoms with Gasteiger partial charge in [-0.1, -0.05) is 0 Å². The van der Waals surface area contributed by atoms with Crippen LogP contribution in [0.15, 0.2) is 0 Å². The van der Waals surface area contributed by atoms with Crippen molar-refractivity contribution in [2.24, 2.45) is 0 Å². The van der Waals surface area contributed by atoms with Crippen LogP contribution >= 0.6 is 0 Å². The molecule has 1 saturated heterocycles. The minimum absolute atomic E-state index is 0.182. The fourth-order valence-corrected chi connectivity index (χ4v) is 1.05. The van der Waals surface area contributed by atoms with Crippen LogP contribution in [0.2, 0.25) is 0 Å². The molecular formula is C8H17NO2. The van der Waals surface area contributed by atoms with Crippen LogP contribution in [0.25, 0.3) is 0 Å². The molecule has 1 fully saturated rings. The number of likely N-dealkylation sites (N-methyl/N-ethyl adjacent to an activating group) is 1. The first-order chi connectivity index (χ1) is 5.20. The molecule has 1 aliphatic rings. The third-order valence-electron chi connectivity index (χ3n) is 2.14. The predicted octanol–water partition coefficient (Wildman–Crippen LogP) is 0.0879. The molecule has 0 spiro atoms. The molecule has 66 valence electrons. The molecule has 0 amide bonds. The lowest BCUT2D eigenvalue weighted by Crippen LogP contribution is -2.47. The third-order valence-corrected chi connectivity index (χ3v) is 2.14. The van der Waals surface area contributed by atoms with Crippen molar-refractivity contribution in [2.45, 2.75) is 25.5 Å². The van der Waals surface area contributed by atoms with Gasteiger partial charge in [0.05, 0.1) is 25.4 Å². The number of hydrogen-bond donors (Lipinski definition) is 1. The van der Waals surface area contributed by atoms with Crippen molar-refractivity contribution in [1.82, 2.24) is 4.90 Å². The smallest absolute Gasteiger partial charge is 0.0645 e. The summed E-state index contributed by atoms with van der Waals surface area (Å²) in [6, 6.07) is 0.591. The van der Waals surface area contributed by atoms with Crippen LogP contribution < -0.4 is 0 Å². The molecule has 0 saturated carbocycles. The van der Waals surface area contributed by atoms with E-state index in [4.69, 9.17) is 9.84 Å². The molecule has 1 rings (SSSR count). The lowest BCUT2D eigenvalue weighted by atomic mass is 10.2. The van der Waals surface area contributed by atoms with Crippen molar-refractivity contribution < 1.29 is 9.84 Å². The summed E-state index contributed by atoms with van der Waals surface area (Å²) in [6.45, 7) is 4.50. The molecule has 11 heavy (non-hydrogen) atoms. The van der Waals surface area contributed by atoms with Gasteiger partial charge in [-0.2, -0.15) is 0 Å². The van der Waals surface area contributed by atoms with Crippen LogP contribution in [0.4, 0.5) is 0 Å². The topological polar surface area (TPSA) is 32.7 Å². The number of nitrogens with zero attached hydrogens (tertiary/aromatic N) is 1. The summed E-state index contributed by atoms with van der Waals surface area (Å²) >= 11 is 0. The third kappa shape index (κ3) is 2.77. The van der Waals surface area contributed by atoms with Gasteiger partial charge in [0, 0.05) is 6.54 Å². The quantitative estimate of drug-likeness (QED) is 0.631. The molecule has 0 bridgehead atoms. The van der Waals surface area contributed by atoms with Crippen molar-refractivity contribution in [2.75, 3.05) is 26.8 Å². The minimum atomic E-state index is -0.182. The monoisotopic (exact) mass is 159 g/mol. The van der Waals surface area contributed by atoms with Gasteiger partial charge in [-0.05, 0) is 20.4 Å². The summed E-state index contributed by atoms with van der Waals surface area (Å²) in [6.07, 6.45) is 0.672. The lowest BCUT2D eigenvalue weighted by molar-refractivity contribution is -0.0582. The highest BCUT2D eigenvalue weighted by Crippen LogP contribution is 2.08. The van der Waals surface area contributed by atoms with Crippen LogP contribution in [-0.2, 0) is 4.74 Å². The molecule has 1 N–H and O–H groups in total. The average Bonchev–Trinajstić information content (AvgIpc) is 1.79. The maximum absolute atomic E-state index is 9.02. The molecule has 0 aromatic heterocycles. The van der Waals surface area contributed by atoms with Crippen LogP contribution in [0.1, 0.15) is 13.3 Å². The number of hydrogen-bond acceptors (Lipinski definition) is 3. The van der Waals surface area contributed by atoms with Gasteiger partial charge in [0.15, 0.2) is 0 Å². The fourth-order valence-electron chi connectivity index (χ4n) is 1.05. The molecule has 0 aliphatic carbocycles. The Kier molecular flexibility index (Phi) is 3.30. The van der Waals surface area contributed by atoms with E-state index in [2.05, 4.69) is 11.9 Å². The van der Waals surface area contributed by atoms with E-state index in [-0.39, 0.29) is 6.10 Å². The van der Waals surface area contributed by atoms with E-state index in [1.165, 1.54) is 0 Å². The van der Waals surface area contributed by atoms with E-state index in [9.17, 15) is 0 Å². The van der Waals surface area contributed by atoms with Gasteiger partial charge < -0.3 is 9.84 Å². The van der Waals surface area contributed by atoms with Crippen molar-refractivity contribution in [3.05, 3.63) is 0 Å². The SMILES string of the molecule is CC(O)CCN(C)C1COC1. The Morgan fingerprint density at radius 3 is 2.64 bits per heavy atom. The Labute approximate surface area is 68.0 Å². The standard InChI is InChI=1S/C8H17NO2/c1-7(10)3-4-9(2)8-5-11-6-8/h7-8,10H,3-6H2,1-2H3. The van der Waals surface area contributed by atoms with Gasteiger partial charge in [-0.3, -0.25) is 4.90 Å².